The maximum absolute atomic E-state index is 9.37. The van der Waals surface area contributed by atoms with Crippen LogP contribution in [0.4, 0.5) is 5.69 Å². The average Bonchev–Trinajstić information content (AvgIpc) is 2.77. The minimum absolute atomic E-state index is 0.222. The van der Waals surface area contributed by atoms with Crippen molar-refractivity contribution in [2.24, 2.45) is 5.10 Å². The number of hydrogen-bond acceptors (Lipinski definition) is 4. The number of aromatic amines is 1. The molecule has 2 aromatic rings. The largest absolute Gasteiger partial charge is 0.481 e. The number of nitrogens with zero attached hydrogens (tertiary/aromatic N) is 2. The predicted molar refractivity (Wildman–Crippen MR) is 75.2 cm³/mol. The molecule has 98 valence electrons. The number of anilines is 1. The molecule has 0 saturated heterocycles. The summed E-state index contributed by atoms with van der Waals surface area (Å²) in [7, 11) is 0. The van der Waals surface area contributed by atoms with Gasteiger partial charge in [-0.2, -0.15) is 5.10 Å². The van der Waals surface area contributed by atoms with Crippen LogP contribution in [0.1, 0.15) is 18.9 Å². The summed E-state index contributed by atoms with van der Waals surface area (Å²) in [6.07, 6.45) is 7.54. The van der Waals surface area contributed by atoms with Gasteiger partial charge in [-0.15, -0.1) is 0 Å². The van der Waals surface area contributed by atoms with Gasteiger partial charge >= 0.3 is 5.97 Å². The number of carboxylic acid groups (broad SMARTS) is 1. The lowest BCUT2D eigenvalue weighted by Crippen LogP contribution is -1.91. The van der Waals surface area contributed by atoms with Crippen LogP contribution in [0.5, 0.6) is 0 Å². The summed E-state index contributed by atoms with van der Waals surface area (Å²) in [5.41, 5.74) is 6.97. The van der Waals surface area contributed by atoms with Gasteiger partial charge in [-0.3, -0.25) is 10.2 Å². The molecule has 0 aliphatic carbocycles. The summed E-state index contributed by atoms with van der Waals surface area (Å²) in [4.78, 5) is 16.7. The molecule has 6 nitrogen and oxygen atoms in total. The van der Waals surface area contributed by atoms with Crippen molar-refractivity contribution in [3.8, 4) is 0 Å². The molecule has 0 bridgehead atoms. The third-order valence-electron chi connectivity index (χ3n) is 2.54. The average molecular weight is 258 g/mol. The van der Waals surface area contributed by atoms with Crippen LogP contribution in [-0.4, -0.2) is 27.3 Å². The summed E-state index contributed by atoms with van der Waals surface area (Å²) in [6.45, 7) is 1.60. The van der Waals surface area contributed by atoms with Crippen LogP contribution in [-0.2, 0) is 4.79 Å². The lowest BCUT2D eigenvalue weighted by molar-refractivity contribution is -0.136. The second-order valence-electron chi connectivity index (χ2n) is 3.82. The number of hydrazone groups is 1. The number of hydrogen-bond donors (Lipinski definition) is 3. The number of imidazole rings is 1. The number of allylic oxidation sites excluding steroid dienone is 1. The third-order valence-corrected chi connectivity index (χ3v) is 2.54. The van der Waals surface area contributed by atoms with E-state index < -0.39 is 5.97 Å². The number of H-pyrrole nitrogens is 1. The molecule has 0 unspecified atom stereocenters. The van der Waals surface area contributed by atoms with Gasteiger partial charge in [0.15, 0.2) is 0 Å². The molecule has 3 rings (SSSR count). The topological polar surface area (TPSA) is 90.4 Å². The fraction of sp³-hybridized carbons (Fsp3) is 0.154. The maximum Gasteiger partial charge on any atom is 0.303 e. The Labute approximate surface area is 109 Å². The van der Waals surface area contributed by atoms with Crippen LogP contribution in [0, 0.1) is 0 Å². The predicted octanol–water partition coefficient (Wildman–Crippen LogP) is 2.47. The van der Waals surface area contributed by atoms with E-state index in [0.717, 1.165) is 22.3 Å². The Morgan fingerprint density at radius 1 is 1.42 bits per heavy atom. The molecule has 1 aliphatic heterocycles. The summed E-state index contributed by atoms with van der Waals surface area (Å²) in [6, 6.07) is 4.05. The van der Waals surface area contributed by atoms with E-state index in [0.29, 0.717) is 0 Å². The number of fused-ring (bicyclic) bond motifs is 3. The van der Waals surface area contributed by atoms with Gasteiger partial charge in [-0.25, -0.2) is 4.98 Å². The van der Waals surface area contributed by atoms with Crippen LogP contribution in [0.25, 0.3) is 17.1 Å². The highest BCUT2D eigenvalue weighted by molar-refractivity contribution is 5.96. The molecule has 0 amide bonds. The van der Waals surface area contributed by atoms with E-state index in [-0.39, 0.29) is 6.42 Å². The molecule has 1 aliphatic rings. The van der Waals surface area contributed by atoms with Gasteiger partial charge in [-0.05, 0) is 12.1 Å². The first-order valence-electron chi connectivity index (χ1n) is 5.86. The van der Waals surface area contributed by atoms with Crippen molar-refractivity contribution < 1.29 is 9.90 Å². The van der Waals surface area contributed by atoms with Gasteiger partial charge in [-0.1, -0.05) is 19.1 Å². The summed E-state index contributed by atoms with van der Waals surface area (Å²) in [5, 5.41) is 11.7. The Balaban J connectivity index is 0.000000232. The van der Waals surface area contributed by atoms with Gasteiger partial charge in [0.25, 0.3) is 0 Å². The zero-order chi connectivity index (χ0) is 13.7. The molecular weight excluding hydrogens is 244 g/mol. The van der Waals surface area contributed by atoms with Crippen LogP contribution >= 0.6 is 0 Å². The van der Waals surface area contributed by atoms with Crippen molar-refractivity contribution >= 4 is 35.0 Å². The summed E-state index contributed by atoms with van der Waals surface area (Å²) in [5.74, 6) is -0.745. The number of carboxylic acids is 1. The minimum atomic E-state index is -0.745. The van der Waals surface area contributed by atoms with E-state index in [1.807, 2.05) is 24.3 Å². The Morgan fingerprint density at radius 2 is 2.21 bits per heavy atom. The van der Waals surface area contributed by atoms with Gasteiger partial charge in [0, 0.05) is 18.2 Å². The lowest BCUT2D eigenvalue weighted by atomic mass is 10.1. The smallest absolute Gasteiger partial charge is 0.303 e. The van der Waals surface area contributed by atoms with Gasteiger partial charge in [0.1, 0.15) is 5.52 Å². The number of aromatic nitrogens is 2. The van der Waals surface area contributed by atoms with Crippen LogP contribution in [0.15, 0.2) is 29.6 Å². The Kier molecular flexibility index (Phi) is 3.92. The number of aliphatic carboxylic acids is 1. The second-order valence-corrected chi connectivity index (χ2v) is 3.82. The molecule has 0 fully saturated rings. The highest BCUT2D eigenvalue weighted by Gasteiger charge is 2.07. The Morgan fingerprint density at radius 3 is 2.95 bits per heavy atom. The molecule has 19 heavy (non-hydrogen) atoms. The molecule has 0 saturated carbocycles. The Hall–Kier alpha value is -2.63. The first-order valence-corrected chi connectivity index (χ1v) is 5.86. The zero-order valence-electron chi connectivity index (χ0n) is 10.4. The molecule has 6 heteroatoms. The zero-order valence-corrected chi connectivity index (χ0v) is 10.4. The number of nitrogens with one attached hydrogen (secondary N) is 2. The normalized spacial score (nSPS) is 12.1. The summed E-state index contributed by atoms with van der Waals surface area (Å²) < 4.78 is 0. The van der Waals surface area contributed by atoms with E-state index >= 15 is 0 Å². The monoisotopic (exact) mass is 258 g/mol. The lowest BCUT2D eigenvalue weighted by Gasteiger charge is -2.03. The number of rotatable bonds is 1. The van der Waals surface area contributed by atoms with Crippen LogP contribution in [0.2, 0.25) is 0 Å². The number of carbonyl (C=O) groups is 1. The molecule has 3 N–H and O–H groups in total. The molecule has 1 aromatic heterocycles. The van der Waals surface area contributed by atoms with E-state index in [4.69, 9.17) is 5.11 Å². The molecular formula is C13H14N4O2. The van der Waals surface area contributed by atoms with Crippen molar-refractivity contribution in [1.29, 1.82) is 0 Å². The van der Waals surface area contributed by atoms with E-state index in [2.05, 4.69) is 20.5 Å². The standard InChI is InChI=1S/C10H8N4.C3H6O2/c1-2-7-3-4-8-10(12-6-11-8)9(7)14-13-5-1;1-2-3(4)5/h1-6,14H,(H,11,12);2H2,1H3,(H,4,5). The highest BCUT2D eigenvalue weighted by Crippen LogP contribution is 2.26. The molecule has 0 atom stereocenters. The molecule has 2 heterocycles. The fourth-order valence-corrected chi connectivity index (χ4v) is 1.57. The van der Waals surface area contributed by atoms with Crippen LogP contribution < -0.4 is 5.43 Å². The van der Waals surface area contributed by atoms with Crippen molar-refractivity contribution in [3.63, 3.8) is 0 Å². The van der Waals surface area contributed by atoms with E-state index in [1.54, 1.807) is 19.5 Å². The van der Waals surface area contributed by atoms with E-state index in [9.17, 15) is 4.79 Å². The van der Waals surface area contributed by atoms with E-state index in [1.165, 1.54) is 0 Å². The van der Waals surface area contributed by atoms with Crippen molar-refractivity contribution in [2.45, 2.75) is 13.3 Å². The fourth-order valence-electron chi connectivity index (χ4n) is 1.57. The maximum atomic E-state index is 9.37. The Bertz CT molecular complexity index is 643. The first kappa shape index (κ1) is 12.8. The van der Waals surface area contributed by atoms with Gasteiger partial charge < -0.3 is 10.1 Å². The molecule has 1 aromatic carbocycles. The second kappa shape index (κ2) is 5.81. The minimum Gasteiger partial charge on any atom is -0.481 e. The molecule has 0 spiro atoms. The van der Waals surface area contributed by atoms with Crippen molar-refractivity contribution in [3.05, 3.63) is 30.1 Å². The molecule has 0 radical (unpaired) electrons. The summed E-state index contributed by atoms with van der Waals surface area (Å²) >= 11 is 0. The van der Waals surface area contributed by atoms with Crippen molar-refractivity contribution in [1.82, 2.24) is 9.97 Å². The third kappa shape index (κ3) is 2.98. The van der Waals surface area contributed by atoms with Gasteiger partial charge in [0.2, 0.25) is 0 Å². The number of benzene rings is 1. The highest BCUT2D eigenvalue weighted by atomic mass is 16.4. The quantitative estimate of drug-likeness (QED) is 0.732. The van der Waals surface area contributed by atoms with Crippen LogP contribution in [0.3, 0.4) is 0 Å². The first-order chi connectivity index (χ1) is 9.22. The van der Waals surface area contributed by atoms with Crippen molar-refractivity contribution in [2.75, 3.05) is 5.43 Å². The van der Waals surface area contributed by atoms with Gasteiger partial charge in [0.05, 0.1) is 17.5 Å². The SMILES string of the molecule is C1=Cc2ccc3[nH]cnc3c2NN=C1.CCC(=O)O.